The summed E-state index contributed by atoms with van der Waals surface area (Å²) in [4.78, 5) is 11.6. The second-order valence-corrected chi connectivity index (χ2v) is 7.61. The van der Waals surface area contributed by atoms with E-state index in [1.165, 1.54) is 7.11 Å². The number of fused-ring (bicyclic) bond motifs is 1. The van der Waals surface area contributed by atoms with Crippen LogP contribution in [-0.4, -0.2) is 26.3 Å². The highest BCUT2D eigenvalue weighted by Gasteiger charge is 2.53. The van der Waals surface area contributed by atoms with Gasteiger partial charge in [0.05, 0.1) is 37.1 Å². The quantitative estimate of drug-likeness (QED) is 0.675. The molecule has 8 heteroatoms. The molecular formula is C24H24N4O4. The molecule has 0 spiro atoms. The minimum atomic E-state index is -1.69. The first-order valence-electron chi connectivity index (χ1n) is 10.4. The highest BCUT2D eigenvalue weighted by Crippen LogP contribution is 2.56. The van der Waals surface area contributed by atoms with Gasteiger partial charge in [-0.2, -0.15) is 15.8 Å². The summed E-state index contributed by atoms with van der Waals surface area (Å²) in [6.07, 6.45) is 4.41. The Morgan fingerprint density at radius 3 is 2.62 bits per heavy atom. The predicted molar refractivity (Wildman–Crippen MR) is 114 cm³/mol. The molecule has 0 aliphatic heterocycles. The average molecular weight is 432 g/mol. The summed E-state index contributed by atoms with van der Waals surface area (Å²) in [6, 6.07) is 11.4. The van der Waals surface area contributed by atoms with Crippen molar-refractivity contribution in [1.82, 2.24) is 0 Å². The maximum atomic E-state index is 11.6. The summed E-state index contributed by atoms with van der Waals surface area (Å²) in [5, 5.41) is 29.9. The maximum Gasteiger partial charge on any atom is 0.344 e. The van der Waals surface area contributed by atoms with E-state index in [1.807, 2.05) is 6.08 Å². The molecule has 0 saturated carbocycles. The van der Waals surface area contributed by atoms with Crippen LogP contribution in [0.4, 0.5) is 0 Å². The van der Waals surface area contributed by atoms with Crippen LogP contribution < -0.4 is 15.2 Å². The van der Waals surface area contributed by atoms with Gasteiger partial charge in [-0.05, 0) is 55.4 Å². The highest BCUT2D eigenvalue weighted by molar-refractivity contribution is 5.71. The molecule has 1 aromatic carbocycles. The molecule has 2 aliphatic rings. The van der Waals surface area contributed by atoms with Crippen LogP contribution in [0.1, 0.15) is 37.7 Å². The van der Waals surface area contributed by atoms with Gasteiger partial charge in [-0.3, -0.25) is 0 Å². The van der Waals surface area contributed by atoms with Crippen molar-refractivity contribution >= 4 is 5.97 Å². The lowest BCUT2D eigenvalue weighted by atomic mass is 9.57. The zero-order chi connectivity index (χ0) is 23.3. The minimum Gasteiger partial charge on any atom is -0.493 e. The molecule has 0 radical (unpaired) electrons. The molecule has 0 bridgehead atoms. The van der Waals surface area contributed by atoms with E-state index >= 15 is 0 Å². The van der Waals surface area contributed by atoms with E-state index in [-0.39, 0.29) is 30.4 Å². The Kier molecular flexibility index (Phi) is 6.71. The van der Waals surface area contributed by atoms with Gasteiger partial charge in [0.25, 0.3) is 0 Å². The number of hydrogen-bond donors (Lipinski definition) is 1. The number of methoxy groups -OCH3 is 1. The molecule has 3 rings (SSSR count). The fourth-order valence-electron chi connectivity index (χ4n) is 4.59. The Balaban J connectivity index is 2.10. The number of ether oxygens (including phenoxy) is 3. The Bertz CT molecular complexity index is 1090. The number of nitriles is 3. The number of carbonyl (C=O) groups excluding carboxylic acids is 1. The van der Waals surface area contributed by atoms with E-state index in [0.717, 1.165) is 24.8 Å². The van der Waals surface area contributed by atoms with E-state index in [9.17, 15) is 20.6 Å². The highest BCUT2D eigenvalue weighted by atomic mass is 16.6. The van der Waals surface area contributed by atoms with Crippen LogP contribution >= 0.6 is 0 Å². The summed E-state index contributed by atoms with van der Waals surface area (Å²) in [5.74, 6) is -0.611. The maximum absolute atomic E-state index is 11.6. The van der Waals surface area contributed by atoms with Crippen LogP contribution in [0.5, 0.6) is 11.5 Å². The third-order valence-corrected chi connectivity index (χ3v) is 6.00. The normalized spacial score (nSPS) is 21.2. The molecule has 32 heavy (non-hydrogen) atoms. The number of nitrogens with zero attached hydrogens (tertiary/aromatic N) is 3. The summed E-state index contributed by atoms with van der Waals surface area (Å²) >= 11 is 0. The van der Waals surface area contributed by atoms with Gasteiger partial charge in [-0.25, -0.2) is 4.79 Å². The SMILES string of the molecule is CCOC(=O)COc1ccc([C@@H]2[C@@H]3CCCC=C3C(C#N)=C(N)C2(C#N)C#N)cc1OC. The van der Waals surface area contributed by atoms with Crippen molar-refractivity contribution in [3.05, 3.63) is 46.7 Å². The predicted octanol–water partition coefficient (Wildman–Crippen LogP) is 3.23. The Labute approximate surface area is 187 Å². The van der Waals surface area contributed by atoms with Crippen molar-refractivity contribution in [3.8, 4) is 29.7 Å². The lowest BCUT2D eigenvalue weighted by Crippen LogP contribution is -2.42. The number of carbonyl (C=O) groups is 1. The first-order chi connectivity index (χ1) is 15.5. The van der Waals surface area contributed by atoms with Gasteiger partial charge in [0.1, 0.15) is 6.07 Å². The molecule has 0 unspecified atom stereocenters. The number of hydrogen-bond acceptors (Lipinski definition) is 8. The third kappa shape index (κ3) is 3.74. The average Bonchev–Trinajstić information content (AvgIpc) is 2.82. The number of nitrogens with two attached hydrogens (primary N) is 1. The van der Waals surface area contributed by atoms with E-state index in [2.05, 4.69) is 18.2 Å². The molecule has 2 N–H and O–H groups in total. The molecule has 0 amide bonds. The van der Waals surface area contributed by atoms with Crippen molar-refractivity contribution in [2.24, 2.45) is 17.1 Å². The van der Waals surface area contributed by atoms with Crippen molar-refractivity contribution in [2.45, 2.75) is 32.1 Å². The zero-order valence-electron chi connectivity index (χ0n) is 18.1. The van der Waals surface area contributed by atoms with Crippen LogP contribution in [0.2, 0.25) is 0 Å². The molecule has 2 atom stereocenters. The molecular weight excluding hydrogens is 408 g/mol. The second-order valence-electron chi connectivity index (χ2n) is 7.61. The first-order valence-corrected chi connectivity index (χ1v) is 10.4. The van der Waals surface area contributed by atoms with Gasteiger partial charge < -0.3 is 19.9 Å². The third-order valence-electron chi connectivity index (χ3n) is 6.00. The number of benzene rings is 1. The van der Waals surface area contributed by atoms with Gasteiger partial charge in [0.15, 0.2) is 23.5 Å². The molecule has 164 valence electrons. The Hall–Kier alpha value is -3.96. The van der Waals surface area contributed by atoms with Crippen molar-refractivity contribution in [2.75, 3.05) is 20.3 Å². The van der Waals surface area contributed by atoms with Crippen molar-refractivity contribution in [3.63, 3.8) is 0 Å². The number of esters is 1. The van der Waals surface area contributed by atoms with Crippen molar-refractivity contribution in [1.29, 1.82) is 15.8 Å². The molecule has 0 heterocycles. The van der Waals surface area contributed by atoms with Crippen LogP contribution in [0.15, 0.2) is 41.1 Å². The molecule has 0 aromatic heterocycles. The van der Waals surface area contributed by atoms with Crippen LogP contribution in [-0.2, 0) is 9.53 Å². The topological polar surface area (TPSA) is 142 Å². The van der Waals surface area contributed by atoms with E-state index in [4.69, 9.17) is 19.9 Å². The van der Waals surface area contributed by atoms with Gasteiger partial charge in [0.2, 0.25) is 0 Å². The largest absolute Gasteiger partial charge is 0.493 e. The molecule has 0 saturated heterocycles. The Morgan fingerprint density at radius 1 is 1.25 bits per heavy atom. The lowest BCUT2D eigenvalue weighted by Gasteiger charge is -2.43. The molecule has 8 nitrogen and oxygen atoms in total. The van der Waals surface area contributed by atoms with Crippen LogP contribution in [0.3, 0.4) is 0 Å². The fourth-order valence-corrected chi connectivity index (χ4v) is 4.59. The number of allylic oxidation sites excluding steroid dienone is 4. The summed E-state index contributed by atoms with van der Waals surface area (Å²) in [5.41, 5.74) is 6.29. The van der Waals surface area contributed by atoms with Gasteiger partial charge in [0, 0.05) is 5.92 Å². The molecule has 1 aromatic rings. The zero-order valence-corrected chi connectivity index (χ0v) is 18.1. The fraction of sp³-hybridized carbons (Fsp3) is 0.417. The van der Waals surface area contributed by atoms with E-state index in [1.54, 1.807) is 25.1 Å². The van der Waals surface area contributed by atoms with Gasteiger partial charge in [-0.1, -0.05) is 12.1 Å². The van der Waals surface area contributed by atoms with Crippen LogP contribution in [0.25, 0.3) is 0 Å². The van der Waals surface area contributed by atoms with Crippen molar-refractivity contribution < 1.29 is 19.0 Å². The minimum absolute atomic E-state index is 0.0130. The summed E-state index contributed by atoms with van der Waals surface area (Å²) in [6.45, 7) is 1.69. The van der Waals surface area contributed by atoms with E-state index < -0.39 is 17.3 Å². The van der Waals surface area contributed by atoms with Gasteiger partial charge >= 0.3 is 5.97 Å². The monoisotopic (exact) mass is 432 g/mol. The Morgan fingerprint density at radius 2 is 2.00 bits per heavy atom. The second kappa shape index (κ2) is 9.45. The van der Waals surface area contributed by atoms with Crippen LogP contribution in [0, 0.1) is 45.3 Å². The lowest BCUT2D eigenvalue weighted by molar-refractivity contribution is -0.145. The number of rotatable bonds is 6. The standard InChI is InChI=1S/C24H24N4O4/c1-3-31-21(29)12-32-19-9-8-15(10-20(19)30-2)22-17-7-5-4-6-16(17)18(11-25)23(28)24(22,13-26)14-27/h6,8-10,17,22H,3-5,7,12,28H2,1-2H3/t17-,22-/m1/s1. The van der Waals surface area contributed by atoms with E-state index in [0.29, 0.717) is 17.1 Å². The first kappa shape index (κ1) is 22.7. The smallest absolute Gasteiger partial charge is 0.344 e. The summed E-state index contributed by atoms with van der Waals surface area (Å²) in [7, 11) is 1.47. The molecule has 0 fully saturated rings. The van der Waals surface area contributed by atoms with Gasteiger partial charge in [-0.15, -0.1) is 0 Å². The molecule has 2 aliphatic carbocycles. The summed E-state index contributed by atoms with van der Waals surface area (Å²) < 4.78 is 15.9.